The van der Waals surface area contributed by atoms with Crippen molar-refractivity contribution < 1.29 is 4.52 Å². The molecular weight excluding hydrogens is 190 g/mol. The van der Waals surface area contributed by atoms with Crippen LogP contribution in [0.2, 0.25) is 0 Å². The van der Waals surface area contributed by atoms with Crippen LogP contribution in [0.25, 0.3) is 0 Å². The number of hydrogen-bond acceptors (Lipinski definition) is 4. The van der Waals surface area contributed by atoms with E-state index in [0.717, 1.165) is 43.9 Å². The molecule has 0 aromatic carbocycles. The summed E-state index contributed by atoms with van der Waals surface area (Å²) in [6.07, 6.45) is 5.37. The molecule has 1 unspecified atom stereocenters. The second kappa shape index (κ2) is 4.31. The molecule has 1 aliphatic rings. The van der Waals surface area contributed by atoms with Gasteiger partial charge in [-0.25, -0.2) is 0 Å². The molecule has 0 radical (unpaired) electrons. The van der Waals surface area contributed by atoms with Gasteiger partial charge in [-0.15, -0.1) is 0 Å². The largest absolute Gasteiger partial charge is 0.337 e. The van der Waals surface area contributed by atoms with Crippen LogP contribution in [-0.2, 0) is 12.0 Å². The quantitative estimate of drug-likeness (QED) is 0.824. The number of nitrogens with one attached hydrogen (secondary N) is 1. The van der Waals surface area contributed by atoms with E-state index in [9.17, 15) is 0 Å². The van der Waals surface area contributed by atoms with E-state index in [4.69, 9.17) is 4.52 Å². The average Bonchev–Trinajstić information content (AvgIpc) is 2.85. The van der Waals surface area contributed by atoms with Crippen molar-refractivity contribution in [2.75, 3.05) is 6.54 Å². The van der Waals surface area contributed by atoms with Crippen LogP contribution in [0.5, 0.6) is 0 Å². The molecule has 84 valence electrons. The molecule has 0 spiro atoms. The Hall–Kier alpha value is -0.900. The molecular formula is C11H19N3O. The van der Waals surface area contributed by atoms with E-state index in [2.05, 4.69) is 22.4 Å². The van der Waals surface area contributed by atoms with Gasteiger partial charge in [-0.3, -0.25) is 0 Å². The first-order valence-electron chi connectivity index (χ1n) is 5.89. The lowest BCUT2D eigenvalue weighted by Gasteiger charge is -2.24. The molecule has 1 aliphatic heterocycles. The molecule has 0 bridgehead atoms. The maximum atomic E-state index is 5.37. The monoisotopic (exact) mass is 209 g/mol. The van der Waals surface area contributed by atoms with Gasteiger partial charge in [0.05, 0.1) is 5.54 Å². The summed E-state index contributed by atoms with van der Waals surface area (Å²) < 4.78 is 5.37. The molecule has 0 aliphatic carbocycles. The van der Waals surface area contributed by atoms with Gasteiger partial charge in [0.25, 0.3) is 0 Å². The molecule has 1 atom stereocenters. The zero-order valence-electron chi connectivity index (χ0n) is 9.55. The Morgan fingerprint density at radius 2 is 2.33 bits per heavy atom. The third kappa shape index (κ3) is 1.91. The number of aryl methyl sites for hydroxylation is 1. The molecule has 0 saturated carbocycles. The van der Waals surface area contributed by atoms with E-state index < -0.39 is 0 Å². The van der Waals surface area contributed by atoms with E-state index >= 15 is 0 Å². The van der Waals surface area contributed by atoms with Crippen LogP contribution in [-0.4, -0.2) is 16.7 Å². The van der Waals surface area contributed by atoms with Gasteiger partial charge in [0.15, 0.2) is 5.82 Å². The average molecular weight is 209 g/mol. The van der Waals surface area contributed by atoms with Crippen molar-refractivity contribution in [2.45, 2.75) is 51.5 Å². The summed E-state index contributed by atoms with van der Waals surface area (Å²) in [5.74, 6) is 1.60. The lowest BCUT2D eigenvalue weighted by atomic mass is 9.92. The molecule has 2 rings (SSSR count). The van der Waals surface area contributed by atoms with Gasteiger partial charge in [0.1, 0.15) is 0 Å². The first-order chi connectivity index (χ1) is 7.30. The predicted octanol–water partition coefficient (Wildman–Crippen LogP) is 2.01. The van der Waals surface area contributed by atoms with Crippen molar-refractivity contribution in [3.63, 3.8) is 0 Å². The summed E-state index contributed by atoms with van der Waals surface area (Å²) >= 11 is 0. The van der Waals surface area contributed by atoms with E-state index in [0.29, 0.717) is 0 Å². The third-order valence-electron chi connectivity index (χ3n) is 3.11. The Bertz CT molecular complexity index is 315. The van der Waals surface area contributed by atoms with Gasteiger partial charge < -0.3 is 9.84 Å². The van der Waals surface area contributed by atoms with Crippen LogP contribution in [0.1, 0.15) is 51.2 Å². The highest BCUT2D eigenvalue weighted by Gasteiger charge is 2.39. The van der Waals surface area contributed by atoms with Gasteiger partial charge >= 0.3 is 0 Å². The molecule has 1 aromatic heterocycles. The topological polar surface area (TPSA) is 51.0 Å². The number of rotatable bonds is 4. The normalized spacial score (nSPS) is 26.0. The summed E-state index contributed by atoms with van der Waals surface area (Å²) in [5, 5.41) is 7.51. The highest BCUT2D eigenvalue weighted by Crippen LogP contribution is 2.34. The smallest absolute Gasteiger partial charge is 0.246 e. The van der Waals surface area contributed by atoms with Gasteiger partial charge in [-0.1, -0.05) is 25.4 Å². The third-order valence-corrected chi connectivity index (χ3v) is 3.11. The van der Waals surface area contributed by atoms with Gasteiger partial charge in [-0.2, -0.15) is 4.98 Å². The SMILES string of the molecule is CCCC1(c2nc(CC)no2)CCCN1. The molecule has 2 heterocycles. The van der Waals surface area contributed by atoms with Gasteiger partial charge in [0, 0.05) is 6.42 Å². The second-order valence-electron chi connectivity index (χ2n) is 4.23. The molecule has 1 saturated heterocycles. The highest BCUT2D eigenvalue weighted by molar-refractivity contribution is 5.06. The molecule has 4 heteroatoms. The Morgan fingerprint density at radius 1 is 1.47 bits per heavy atom. The van der Waals surface area contributed by atoms with Crippen molar-refractivity contribution in [3.05, 3.63) is 11.7 Å². The van der Waals surface area contributed by atoms with Crippen LogP contribution in [0.3, 0.4) is 0 Å². The Labute approximate surface area is 90.4 Å². The molecule has 0 amide bonds. The molecule has 1 fully saturated rings. The minimum Gasteiger partial charge on any atom is -0.337 e. The molecule has 1 N–H and O–H groups in total. The fraction of sp³-hybridized carbons (Fsp3) is 0.818. The number of aromatic nitrogens is 2. The van der Waals surface area contributed by atoms with E-state index in [1.165, 1.54) is 6.42 Å². The first kappa shape index (κ1) is 10.6. The summed E-state index contributed by atoms with van der Waals surface area (Å²) in [7, 11) is 0. The van der Waals surface area contributed by atoms with E-state index in [-0.39, 0.29) is 5.54 Å². The molecule has 15 heavy (non-hydrogen) atoms. The first-order valence-corrected chi connectivity index (χ1v) is 5.89. The van der Waals surface area contributed by atoms with Crippen LogP contribution >= 0.6 is 0 Å². The van der Waals surface area contributed by atoms with Gasteiger partial charge in [0.2, 0.25) is 5.89 Å². The second-order valence-corrected chi connectivity index (χ2v) is 4.23. The van der Waals surface area contributed by atoms with Crippen molar-refractivity contribution in [1.29, 1.82) is 0 Å². The summed E-state index contributed by atoms with van der Waals surface area (Å²) in [5.41, 5.74) is -0.0326. The fourth-order valence-corrected chi connectivity index (χ4v) is 2.33. The van der Waals surface area contributed by atoms with E-state index in [1.807, 2.05) is 6.92 Å². The summed E-state index contributed by atoms with van der Waals surface area (Å²) in [4.78, 5) is 4.46. The van der Waals surface area contributed by atoms with Crippen LogP contribution in [0.15, 0.2) is 4.52 Å². The van der Waals surface area contributed by atoms with Crippen molar-refractivity contribution in [1.82, 2.24) is 15.5 Å². The van der Waals surface area contributed by atoms with Crippen molar-refractivity contribution >= 4 is 0 Å². The Kier molecular flexibility index (Phi) is 3.05. The zero-order valence-corrected chi connectivity index (χ0v) is 9.55. The summed E-state index contributed by atoms with van der Waals surface area (Å²) in [6, 6.07) is 0. The lowest BCUT2D eigenvalue weighted by molar-refractivity contribution is 0.240. The van der Waals surface area contributed by atoms with Crippen LogP contribution in [0.4, 0.5) is 0 Å². The minimum absolute atomic E-state index is 0.0326. The van der Waals surface area contributed by atoms with Crippen molar-refractivity contribution in [2.24, 2.45) is 0 Å². The maximum Gasteiger partial charge on any atom is 0.246 e. The predicted molar refractivity (Wildman–Crippen MR) is 57.5 cm³/mol. The van der Waals surface area contributed by atoms with Gasteiger partial charge in [-0.05, 0) is 25.8 Å². The van der Waals surface area contributed by atoms with Crippen LogP contribution in [0, 0.1) is 0 Å². The minimum atomic E-state index is -0.0326. The zero-order chi connectivity index (χ0) is 10.7. The highest BCUT2D eigenvalue weighted by atomic mass is 16.5. The fourth-order valence-electron chi connectivity index (χ4n) is 2.33. The van der Waals surface area contributed by atoms with Crippen molar-refractivity contribution in [3.8, 4) is 0 Å². The van der Waals surface area contributed by atoms with E-state index in [1.54, 1.807) is 0 Å². The number of hydrogen-bond donors (Lipinski definition) is 1. The standard InChI is InChI=1S/C11H19N3O/c1-3-6-11(7-5-8-12-11)10-13-9(4-2)14-15-10/h12H,3-8H2,1-2H3. The van der Waals surface area contributed by atoms with Crippen LogP contribution < -0.4 is 5.32 Å². The summed E-state index contributed by atoms with van der Waals surface area (Å²) in [6.45, 7) is 5.30. The Balaban J connectivity index is 2.23. The maximum absolute atomic E-state index is 5.37. The molecule has 4 nitrogen and oxygen atoms in total. The lowest BCUT2D eigenvalue weighted by Crippen LogP contribution is -2.37. The Morgan fingerprint density at radius 3 is 2.87 bits per heavy atom. The number of nitrogens with zero attached hydrogens (tertiary/aromatic N) is 2. The molecule has 1 aromatic rings.